The van der Waals surface area contributed by atoms with Crippen LogP contribution < -0.4 is 10.0 Å². The lowest BCUT2D eigenvalue weighted by molar-refractivity contribution is -0.114. The first-order valence-corrected chi connectivity index (χ1v) is 11.0. The van der Waals surface area contributed by atoms with Crippen molar-refractivity contribution in [3.8, 4) is 0 Å². The number of hydrogen-bond donors (Lipinski definition) is 2. The number of thioether (sulfide) groups is 1. The zero-order chi connectivity index (χ0) is 19.3. The summed E-state index contributed by atoms with van der Waals surface area (Å²) in [5.41, 5.74) is 2.50. The molecule has 0 aromatic heterocycles. The normalized spacial score (nSPS) is 12.6. The van der Waals surface area contributed by atoms with Gasteiger partial charge in [-0.15, -0.1) is 11.8 Å². The molecule has 0 unspecified atom stereocenters. The largest absolute Gasteiger partial charge is 0.325 e. The van der Waals surface area contributed by atoms with Gasteiger partial charge in [0.1, 0.15) is 0 Å². The third kappa shape index (κ3) is 4.87. The summed E-state index contributed by atoms with van der Waals surface area (Å²) in [6.07, 6.45) is 2.50. The van der Waals surface area contributed by atoms with Gasteiger partial charge in [-0.2, -0.15) is 0 Å². The van der Waals surface area contributed by atoms with Crippen molar-refractivity contribution in [2.75, 3.05) is 11.6 Å². The Kier molecular flexibility index (Phi) is 6.86. The molecule has 0 spiro atoms. The fourth-order valence-electron chi connectivity index (χ4n) is 2.74. The first-order valence-electron chi connectivity index (χ1n) is 8.32. The lowest BCUT2D eigenvalue weighted by atomic mass is 10.0. The van der Waals surface area contributed by atoms with E-state index in [1.807, 2.05) is 44.4 Å². The lowest BCUT2D eigenvalue weighted by Crippen LogP contribution is -2.29. The van der Waals surface area contributed by atoms with Crippen LogP contribution in [-0.2, 0) is 14.8 Å². The van der Waals surface area contributed by atoms with E-state index >= 15 is 0 Å². The molecule has 0 aliphatic heterocycles. The maximum Gasteiger partial charge on any atom is 0.241 e. The predicted molar refractivity (Wildman–Crippen MR) is 107 cm³/mol. The quantitative estimate of drug-likeness (QED) is 0.696. The van der Waals surface area contributed by atoms with E-state index in [-0.39, 0.29) is 16.8 Å². The Hall–Kier alpha value is -1.83. The van der Waals surface area contributed by atoms with Gasteiger partial charge in [0.05, 0.1) is 10.6 Å². The van der Waals surface area contributed by atoms with Crippen LogP contribution in [-0.4, -0.2) is 20.6 Å². The Labute approximate surface area is 159 Å². The number of benzene rings is 2. The zero-order valence-electron chi connectivity index (χ0n) is 15.4. The molecular weight excluding hydrogens is 368 g/mol. The van der Waals surface area contributed by atoms with Crippen molar-refractivity contribution in [1.82, 2.24) is 4.72 Å². The monoisotopic (exact) mass is 392 g/mol. The first kappa shape index (κ1) is 20.5. The van der Waals surface area contributed by atoms with Gasteiger partial charge in [0.25, 0.3) is 0 Å². The molecule has 1 amide bonds. The number of anilines is 1. The summed E-state index contributed by atoms with van der Waals surface area (Å²) in [5.74, 6) is -0.242. The van der Waals surface area contributed by atoms with Gasteiger partial charge >= 0.3 is 0 Å². The van der Waals surface area contributed by atoms with E-state index in [0.29, 0.717) is 12.1 Å². The minimum atomic E-state index is -3.73. The third-order valence-corrected chi connectivity index (χ3v) is 6.33. The van der Waals surface area contributed by atoms with Crippen molar-refractivity contribution in [2.24, 2.45) is 0 Å². The second-order valence-corrected chi connectivity index (χ2v) is 8.54. The predicted octanol–water partition coefficient (Wildman–Crippen LogP) is 4.10. The Morgan fingerprint density at radius 3 is 2.46 bits per heavy atom. The second kappa shape index (κ2) is 8.70. The molecule has 26 heavy (non-hydrogen) atoms. The molecular formula is C19H24N2O3S2. The molecule has 2 N–H and O–H groups in total. The van der Waals surface area contributed by atoms with Gasteiger partial charge in [0.15, 0.2) is 0 Å². The van der Waals surface area contributed by atoms with Crippen molar-refractivity contribution in [3.05, 3.63) is 53.6 Å². The maximum absolute atomic E-state index is 12.9. The van der Waals surface area contributed by atoms with Crippen LogP contribution in [0.3, 0.4) is 0 Å². The van der Waals surface area contributed by atoms with Crippen LogP contribution in [0.25, 0.3) is 0 Å². The number of aryl methyl sites for hydroxylation is 1. The number of nitrogens with one attached hydrogen (secondary N) is 2. The number of carbonyl (C=O) groups is 1. The van der Waals surface area contributed by atoms with Gasteiger partial charge in [-0.05, 0) is 48.9 Å². The molecule has 0 aliphatic rings. The molecule has 1 atom stereocenters. The average Bonchev–Trinajstić information content (AvgIpc) is 2.59. The SMILES string of the molecule is CC[C@H](NS(=O)(=O)c1ccc(SC)c(NC(C)=O)c1)c1ccccc1C. The molecule has 2 aromatic rings. The van der Waals surface area contributed by atoms with E-state index in [4.69, 9.17) is 0 Å². The van der Waals surface area contributed by atoms with E-state index in [0.717, 1.165) is 16.0 Å². The molecule has 0 saturated carbocycles. The molecule has 140 valence electrons. The van der Waals surface area contributed by atoms with E-state index in [9.17, 15) is 13.2 Å². The third-order valence-electron chi connectivity index (χ3n) is 4.06. The van der Waals surface area contributed by atoms with Gasteiger partial charge < -0.3 is 5.32 Å². The first-order chi connectivity index (χ1) is 12.3. The number of carbonyl (C=O) groups excluding carboxylic acids is 1. The van der Waals surface area contributed by atoms with Crippen LogP contribution in [0.15, 0.2) is 52.3 Å². The maximum atomic E-state index is 12.9. The number of sulfonamides is 1. The summed E-state index contributed by atoms with van der Waals surface area (Å²) >= 11 is 1.44. The summed E-state index contributed by atoms with van der Waals surface area (Å²) in [5, 5.41) is 2.69. The smallest absolute Gasteiger partial charge is 0.241 e. The Morgan fingerprint density at radius 1 is 1.19 bits per heavy atom. The molecule has 0 aliphatic carbocycles. The van der Waals surface area contributed by atoms with E-state index in [2.05, 4.69) is 10.0 Å². The van der Waals surface area contributed by atoms with Crippen LogP contribution in [0.5, 0.6) is 0 Å². The summed E-state index contributed by atoms with van der Waals surface area (Å²) in [4.78, 5) is 12.3. The van der Waals surface area contributed by atoms with E-state index in [1.54, 1.807) is 12.1 Å². The average molecular weight is 393 g/mol. The number of amides is 1. The van der Waals surface area contributed by atoms with E-state index in [1.165, 1.54) is 24.8 Å². The van der Waals surface area contributed by atoms with Gasteiger partial charge in [-0.3, -0.25) is 4.79 Å². The standard InChI is InChI=1S/C19H24N2O3S2/c1-5-17(16-9-7-6-8-13(16)2)21-26(23,24)15-10-11-19(25-4)18(12-15)20-14(3)22/h6-12,17,21H,5H2,1-4H3,(H,20,22)/t17-/m0/s1. The van der Waals surface area contributed by atoms with Crippen molar-refractivity contribution in [3.63, 3.8) is 0 Å². The minimum absolute atomic E-state index is 0.131. The Morgan fingerprint density at radius 2 is 1.88 bits per heavy atom. The molecule has 7 heteroatoms. The van der Waals surface area contributed by atoms with Gasteiger partial charge in [0, 0.05) is 17.9 Å². The highest BCUT2D eigenvalue weighted by molar-refractivity contribution is 7.98. The lowest BCUT2D eigenvalue weighted by Gasteiger charge is -2.20. The molecule has 0 fully saturated rings. The molecule has 5 nitrogen and oxygen atoms in total. The highest BCUT2D eigenvalue weighted by Gasteiger charge is 2.22. The summed E-state index contributed by atoms with van der Waals surface area (Å²) < 4.78 is 28.6. The van der Waals surface area contributed by atoms with Gasteiger partial charge in [-0.25, -0.2) is 13.1 Å². The van der Waals surface area contributed by atoms with Gasteiger partial charge in [-0.1, -0.05) is 31.2 Å². The fraction of sp³-hybridized carbons (Fsp3) is 0.316. The highest BCUT2D eigenvalue weighted by Crippen LogP contribution is 2.29. The fourth-order valence-corrected chi connectivity index (χ4v) is 4.60. The number of hydrogen-bond acceptors (Lipinski definition) is 4. The van der Waals surface area contributed by atoms with Gasteiger partial charge in [0.2, 0.25) is 15.9 Å². The Bertz CT molecular complexity index is 895. The summed E-state index contributed by atoms with van der Waals surface area (Å²) in [6.45, 7) is 5.31. The van der Waals surface area contributed by atoms with Crippen molar-refractivity contribution >= 4 is 33.4 Å². The van der Waals surface area contributed by atoms with Crippen molar-refractivity contribution in [2.45, 2.75) is 43.0 Å². The molecule has 0 saturated heterocycles. The van der Waals surface area contributed by atoms with Crippen molar-refractivity contribution < 1.29 is 13.2 Å². The van der Waals surface area contributed by atoms with Crippen LogP contribution in [0, 0.1) is 6.92 Å². The second-order valence-electron chi connectivity index (χ2n) is 5.98. The van der Waals surface area contributed by atoms with Crippen molar-refractivity contribution in [1.29, 1.82) is 0 Å². The zero-order valence-corrected chi connectivity index (χ0v) is 17.0. The van der Waals surface area contributed by atoms with E-state index < -0.39 is 10.0 Å². The molecule has 0 heterocycles. The van der Waals surface area contributed by atoms with Crippen LogP contribution >= 0.6 is 11.8 Å². The minimum Gasteiger partial charge on any atom is -0.325 e. The molecule has 0 radical (unpaired) electrons. The summed E-state index contributed by atoms with van der Waals surface area (Å²) in [7, 11) is -3.73. The molecule has 0 bridgehead atoms. The molecule has 2 rings (SSSR count). The van der Waals surface area contributed by atoms with Crippen LogP contribution in [0.4, 0.5) is 5.69 Å². The summed E-state index contributed by atoms with van der Waals surface area (Å²) in [6, 6.07) is 12.2. The van der Waals surface area contributed by atoms with Crippen LogP contribution in [0.1, 0.15) is 37.4 Å². The van der Waals surface area contributed by atoms with Crippen LogP contribution in [0.2, 0.25) is 0 Å². The topological polar surface area (TPSA) is 75.3 Å². The number of rotatable bonds is 7. The molecule has 2 aromatic carbocycles. The Balaban J connectivity index is 2.37. The highest BCUT2D eigenvalue weighted by atomic mass is 32.2.